The maximum atomic E-state index is 12.9. The molecule has 0 amide bonds. The molecule has 108 valence electrons. The Morgan fingerprint density at radius 2 is 1.90 bits per heavy atom. The van der Waals surface area contributed by atoms with Crippen molar-refractivity contribution in [3.05, 3.63) is 42.2 Å². The molecular weight excluding hydrogens is 264 g/mol. The number of rotatable bonds is 2. The first kappa shape index (κ1) is 12.9. The summed E-state index contributed by atoms with van der Waals surface area (Å²) in [7, 11) is 0. The van der Waals surface area contributed by atoms with Crippen molar-refractivity contribution in [2.24, 2.45) is 5.92 Å². The smallest absolute Gasteiger partial charge is 0.168 e. The standard InChI is InChI=1S/C17H18N2O2/c20-17(12-5-13-9-21-10-14(6-12)19-13)16-8-18-7-11-3-1-2-4-15(11)16/h1-4,7-8,12-14,19H,5-6,9-10H2. The Morgan fingerprint density at radius 3 is 2.71 bits per heavy atom. The molecule has 2 fully saturated rings. The monoisotopic (exact) mass is 282 g/mol. The molecule has 2 atom stereocenters. The van der Waals surface area contributed by atoms with E-state index in [2.05, 4.69) is 10.3 Å². The molecule has 4 rings (SSSR count). The highest BCUT2D eigenvalue weighted by molar-refractivity contribution is 6.08. The number of aromatic nitrogens is 1. The Bertz CT molecular complexity index is 668. The van der Waals surface area contributed by atoms with Gasteiger partial charge < -0.3 is 10.1 Å². The number of nitrogens with one attached hydrogen (secondary N) is 1. The lowest BCUT2D eigenvalue weighted by molar-refractivity contribution is 0.00955. The highest BCUT2D eigenvalue weighted by atomic mass is 16.5. The van der Waals surface area contributed by atoms with E-state index in [4.69, 9.17) is 4.74 Å². The number of carbonyl (C=O) groups excluding carboxylic acids is 1. The number of benzene rings is 1. The molecule has 21 heavy (non-hydrogen) atoms. The molecule has 0 spiro atoms. The minimum Gasteiger partial charge on any atom is -0.378 e. The SMILES string of the molecule is O=C(c1cncc2ccccc12)C1CC2COCC(C1)N2. The zero-order valence-electron chi connectivity index (χ0n) is 11.8. The quantitative estimate of drug-likeness (QED) is 0.858. The van der Waals surface area contributed by atoms with Gasteiger partial charge in [-0.05, 0) is 18.2 Å². The van der Waals surface area contributed by atoms with E-state index in [0.717, 1.165) is 29.2 Å². The molecular formula is C17H18N2O2. The van der Waals surface area contributed by atoms with Crippen molar-refractivity contribution < 1.29 is 9.53 Å². The summed E-state index contributed by atoms with van der Waals surface area (Å²) in [4.78, 5) is 17.2. The Balaban J connectivity index is 1.67. The van der Waals surface area contributed by atoms with Gasteiger partial charge in [-0.3, -0.25) is 9.78 Å². The number of nitrogens with zero attached hydrogens (tertiary/aromatic N) is 1. The third-order valence-electron chi connectivity index (χ3n) is 4.55. The van der Waals surface area contributed by atoms with Crippen LogP contribution in [0.25, 0.3) is 10.8 Å². The summed E-state index contributed by atoms with van der Waals surface area (Å²) in [6, 6.07) is 8.59. The van der Waals surface area contributed by atoms with Crippen LogP contribution in [-0.4, -0.2) is 36.1 Å². The van der Waals surface area contributed by atoms with Crippen LogP contribution < -0.4 is 5.32 Å². The van der Waals surface area contributed by atoms with Crippen molar-refractivity contribution in [3.63, 3.8) is 0 Å². The van der Waals surface area contributed by atoms with Crippen LogP contribution in [0, 0.1) is 5.92 Å². The molecule has 0 saturated carbocycles. The van der Waals surface area contributed by atoms with E-state index < -0.39 is 0 Å². The van der Waals surface area contributed by atoms with Crippen molar-refractivity contribution in [2.75, 3.05) is 13.2 Å². The average Bonchev–Trinajstić information content (AvgIpc) is 2.53. The maximum Gasteiger partial charge on any atom is 0.168 e. The molecule has 2 bridgehead atoms. The number of ether oxygens (including phenoxy) is 1. The molecule has 4 nitrogen and oxygen atoms in total. The fourth-order valence-electron chi connectivity index (χ4n) is 3.58. The molecule has 1 aromatic heterocycles. The molecule has 2 aliphatic rings. The van der Waals surface area contributed by atoms with Crippen LogP contribution in [0.2, 0.25) is 0 Å². The number of Topliss-reactive ketones (excluding diaryl/α,β-unsaturated/α-hetero) is 1. The Kier molecular flexibility index (Phi) is 3.20. The second-order valence-corrected chi connectivity index (χ2v) is 6.04. The number of hydrogen-bond acceptors (Lipinski definition) is 4. The zero-order chi connectivity index (χ0) is 14.2. The van der Waals surface area contributed by atoms with Gasteiger partial charge in [-0.2, -0.15) is 0 Å². The Labute approximate surface area is 123 Å². The van der Waals surface area contributed by atoms with Crippen LogP contribution in [0.15, 0.2) is 36.7 Å². The number of fused-ring (bicyclic) bond motifs is 3. The summed E-state index contributed by atoms with van der Waals surface area (Å²) in [6.07, 6.45) is 5.26. The number of ketones is 1. The predicted octanol–water partition coefficient (Wildman–Crippen LogP) is 2.18. The maximum absolute atomic E-state index is 12.9. The Hall–Kier alpha value is -1.78. The van der Waals surface area contributed by atoms with Gasteiger partial charge in [0.25, 0.3) is 0 Å². The summed E-state index contributed by atoms with van der Waals surface area (Å²) in [5.41, 5.74) is 0.763. The minimum atomic E-state index is 0.0813. The first-order chi connectivity index (χ1) is 10.3. The molecule has 3 heterocycles. The average molecular weight is 282 g/mol. The lowest BCUT2D eigenvalue weighted by Crippen LogP contribution is -2.55. The zero-order valence-corrected chi connectivity index (χ0v) is 11.8. The van der Waals surface area contributed by atoms with Crippen molar-refractivity contribution in [1.82, 2.24) is 10.3 Å². The van der Waals surface area contributed by atoms with Crippen LogP contribution >= 0.6 is 0 Å². The van der Waals surface area contributed by atoms with Gasteiger partial charge in [0.05, 0.1) is 13.2 Å². The number of piperidine rings is 1. The first-order valence-electron chi connectivity index (χ1n) is 7.52. The van der Waals surface area contributed by atoms with Crippen LogP contribution in [0.4, 0.5) is 0 Å². The highest BCUT2D eigenvalue weighted by Gasteiger charge is 2.35. The van der Waals surface area contributed by atoms with Gasteiger partial charge >= 0.3 is 0 Å². The van der Waals surface area contributed by atoms with E-state index in [-0.39, 0.29) is 11.7 Å². The first-order valence-corrected chi connectivity index (χ1v) is 7.52. The van der Waals surface area contributed by atoms with E-state index in [1.54, 1.807) is 6.20 Å². The van der Waals surface area contributed by atoms with Crippen molar-refractivity contribution in [3.8, 4) is 0 Å². The molecule has 2 aliphatic heterocycles. The van der Waals surface area contributed by atoms with Crippen LogP contribution in [0.5, 0.6) is 0 Å². The number of hydrogen-bond donors (Lipinski definition) is 1. The van der Waals surface area contributed by atoms with E-state index in [0.29, 0.717) is 25.3 Å². The second kappa shape index (κ2) is 5.20. The summed E-state index contributed by atoms with van der Waals surface area (Å²) in [5.74, 6) is 0.315. The third-order valence-corrected chi connectivity index (χ3v) is 4.55. The number of pyridine rings is 1. The summed E-state index contributed by atoms with van der Waals surface area (Å²) >= 11 is 0. The fraction of sp³-hybridized carbons (Fsp3) is 0.412. The number of morpholine rings is 1. The van der Waals surface area contributed by atoms with Crippen molar-refractivity contribution in [2.45, 2.75) is 24.9 Å². The summed E-state index contributed by atoms with van der Waals surface area (Å²) < 4.78 is 5.55. The molecule has 2 saturated heterocycles. The van der Waals surface area contributed by atoms with E-state index in [1.807, 2.05) is 30.5 Å². The second-order valence-electron chi connectivity index (χ2n) is 6.04. The van der Waals surface area contributed by atoms with Crippen LogP contribution in [-0.2, 0) is 4.74 Å². The van der Waals surface area contributed by atoms with Crippen molar-refractivity contribution in [1.29, 1.82) is 0 Å². The summed E-state index contributed by atoms with van der Waals surface area (Å²) in [5, 5.41) is 5.57. The van der Waals surface area contributed by atoms with Crippen LogP contribution in [0.1, 0.15) is 23.2 Å². The van der Waals surface area contributed by atoms with Gasteiger partial charge in [0.15, 0.2) is 5.78 Å². The molecule has 2 aromatic rings. The van der Waals surface area contributed by atoms with Gasteiger partial charge in [-0.25, -0.2) is 0 Å². The molecule has 4 heteroatoms. The van der Waals surface area contributed by atoms with Crippen LogP contribution in [0.3, 0.4) is 0 Å². The fourth-order valence-corrected chi connectivity index (χ4v) is 3.58. The summed E-state index contributed by atoms with van der Waals surface area (Å²) in [6.45, 7) is 1.43. The molecule has 1 aromatic carbocycles. The minimum absolute atomic E-state index is 0.0813. The van der Waals surface area contributed by atoms with Gasteiger partial charge in [0.1, 0.15) is 0 Å². The molecule has 1 N–H and O–H groups in total. The lowest BCUT2D eigenvalue weighted by atomic mass is 9.81. The normalized spacial score (nSPS) is 28.5. The van der Waals surface area contributed by atoms with Gasteiger partial charge in [0.2, 0.25) is 0 Å². The van der Waals surface area contributed by atoms with E-state index >= 15 is 0 Å². The highest BCUT2D eigenvalue weighted by Crippen LogP contribution is 2.29. The van der Waals surface area contributed by atoms with Crippen molar-refractivity contribution >= 4 is 16.6 Å². The lowest BCUT2D eigenvalue weighted by Gasteiger charge is -2.39. The van der Waals surface area contributed by atoms with Gasteiger partial charge in [0, 0.05) is 41.3 Å². The largest absolute Gasteiger partial charge is 0.378 e. The predicted molar refractivity (Wildman–Crippen MR) is 80.3 cm³/mol. The number of carbonyl (C=O) groups is 1. The molecule has 0 radical (unpaired) electrons. The molecule has 0 aliphatic carbocycles. The van der Waals surface area contributed by atoms with E-state index in [1.165, 1.54) is 0 Å². The molecule has 2 unspecified atom stereocenters. The topological polar surface area (TPSA) is 51.2 Å². The van der Waals surface area contributed by atoms with Gasteiger partial charge in [-0.1, -0.05) is 24.3 Å². The van der Waals surface area contributed by atoms with Gasteiger partial charge in [-0.15, -0.1) is 0 Å². The Morgan fingerprint density at radius 1 is 1.14 bits per heavy atom. The van der Waals surface area contributed by atoms with E-state index in [9.17, 15) is 4.79 Å². The third kappa shape index (κ3) is 2.34.